The summed E-state index contributed by atoms with van der Waals surface area (Å²) < 4.78 is 0. The largest absolute Gasteiger partial charge is 0.346 e. The molecule has 13 heavy (non-hydrogen) atoms. The van der Waals surface area contributed by atoms with Crippen molar-refractivity contribution in [1.82, 2.24) is 5.06 Å². The van der Waals surface area contributed by atoms with Crippen molar-refractivity contribution in [2.24, 2.45) is 0 Å². The molecule has 70 valence electrons. The Morgan fingerprint density at radius 2 is 1.92 bits per heavy atom. The molecule has 0 bridgehead atoms. The molecule has 0 atom stereocenters. The van der Waals surface area contributed by atoms with Gasteiger partial charge in [0.25, 0.3) is 0 Å². The first-order valence-corrected chi connectivity index (χ1v) is 4.50. The Morgan fingerprint density at radius 3 is 2.54 bits per heavy atom. The van der Waals surface area contributed by atoms with Gasteiger partial charge in [-0.25, -0.2) is 0 Å². The van der Waals surface area contributed by atoms with Crippen molar-refractivity contribution in [2.45, 2.75) is 0 Å². The molecule has 0 N–H and O–H groups in total. The van der Waals surface area contributed by atoms with Crippen LogP contribution in [-0.2, 0) is 4.84 Å². The second kappa shape index (κ2) is 3.77. The molecule has 1 aliphatic rings. The van der Waals surface area contributed by atoms with Crippen LogP contribution in [0.4, 0.5) is 5.69 Å². The summed E-state index contributed by atoms with van der Waals surface area (Å²) in [5.41, 5.74) is 1.23. The molecule has 1 aromatic carbocycles. The fraction of sp³-hybridized carbons (Fsp3) is 0.400. The zero-order chi connectivity index (χ0) is 9.10. The molecular formula is C10H14N2O. The van der Waals surface area contributed by atoms with Crippen LogP contribution in [0.25, 0.3) is 0 Å². The molecule has 2 rings (SSSR count). The van der Waals surface area contributed by atoms with Crippen LogP contribution in [0.3, 0.4) is 0 Å². The second-order valence-electron chi connectivity index (χ2n) is 3.21. The Bertz CT molecular complexity index is 255. The Labute approximate surface area is 78.5 Å². The predicted octanol–water partition coefficient (Wildman–Crippen LogP) is 1.33. The van der Waals surface area contributed by atoms with Crippen LogP contribution in [-0.4, -0.2) is 31.9 Å². The molecule has 0 aromatic heterocycles. The van der Waals surface area contributed by atoms with E-state index in [2.05, 4.69) is 17.0 Å². The van der Waals surface area contributed by atoms with Gasteiger partial charge >= 0.3 is 0 Å². The zero-order valence-corrected chi connectivity index (χ0v) is 7.81. The lowest BCUT2D eigenvalue weighted by Crippen LogP contribution is -2.42. The highest BCUT2D eigenvalue weighted by molar-refractivity contribution is 5.45. The summed E-state index contributed by atoms with van der Waals surface area (Å²) in [4.78, 5) is 7.63. The van der Waals surface area contributed by atoms with Gasteiger partial charge in [0.15, 0.2) is 0 Å². The Kier molecular flexibility index (Phi) is 2.47. The summed E-state index contributed by atoms with van der Waals surface area (Å²) in [6, 6.07) is 10.3. The van der Waals surface area contributed by atoms with Crippen LogP contribution in [0.2, 0.25) is 0 Å². The van der Waals surface area contributed by atoms with Crippen molar-refractivity contribution in [3.05, 3.63) is 30.3 Å². The number of hydrogen-bond donors (Lipinski definition) is 0. The fourth-order valence-corrected chi connectivity index (χ4v) is 1.40. The van der Waals surface area contributed by atoms with E-state index in [1.165, 1.54) is 5.69 Å². The van der Waals surface area contributed by atoms with Crippen molar-refractivity contribution in [1.29, 1.82) is 0 Å². The molecule has 1 aliphatic heterocycles. The quantitative estimate of drug-likeness (QED) is 0.645. The zero-order valence-electron chi connectivity index (χ0n) is 7.81. The average molecular weight is 178 g/mol. The Hall–Kier alpha value is -1.06. The molecule has 0 saturated carbocycles. The molecule has 1 aromatic rings. The first-order valence-electron chi connectivity index (χ1n) is 4.50. The number of hydroxylamine groups is 2. The van der Waals surface area contributed by atoms with Crippen LogP contribution in [0.1, 0.15) is 0 Å². The summed E-state index contributed by atoms with van der Waals surface area (Å²) in [7, 11) is 1.96. The fourth-order valence-electron chi connectivity index (χ4n) is 1.40. The lowest BCUT2D eigenvalue weighted by molar-refractivity contribution is -0.154. The average Bonchev–Trinajstić information content (AvgIpc) is 2.20. The van der Waals surface area contributed by atoms with Crippen LogP contribution in [0.15, 0.2) is 30.3 Å². The minimum Gasteiger partial charge on any atom is -0.346 e. The third kappa shape index (κ3) is 1.99. The minimum absolute atomic E-state index is 0.653. The number of benzene rings is 1. The summed E-state index contributed by atoms with van der Waals surface area (Å²) >= 11 is 0. The molecule has 1 heterocycles. The summed E-state index contributed by atoms with van der Waals surface area (Å²) in [6.07, 6.45) is 0. The number of nitrogens with zero attached hydrogens (tertiary/aromatic N) is 2. The van der Waals surface area contributed by atoms with Crippen LogP contribution < -0.4 is 4.90 Å². The first kappa shape index (κ1) is 8.53. The van der Waals surface area contributed by atoms with E-state index in [-0.39, 0.29) is 0 Å². The predicted molar refractivity (Wildman–Crippen MR) is 52.4 cm³/mol. The summed E-state index contributed by atoms with van der Waals surface area (Å²) in [5, 5.41) is 1.87. The van der Waals surface area contributed by atoms with Gasteiger partial charge in [0.1, 0.15) is 6.73 Å². The molecule has 0 spiro atoms. The maximum Gasteiger partial charge on any atom is 0.140 e. The van der Waals surface area contributed by atoms with Crippen molar-refractivity contribution < 1.29 is 4.84 Å². The van der Waals surface area contributed by atoms with Gasteiger partial charge < -0.3 is 4.90 Å². The van der Waals surface area contributed by atoms with Gasteiger partial charge in [-0.1, -0.05) is 18.2 Å². The van der Waals surface area contributed by atoms with E-state index < -0.39 is 0 Å². The summed E-state index contributed by atoms with van der Waals surface area (Å²) in [5.74, 6) is 0. The van der Waals surface area contributed by atoms with E-state index in [1.807, 2.05) is 30.3 Å². The van der Waals surface area contributed by atoms with Crippen LogP contribution in [0, 0.1) is 0 Å². The van der Waals surface area contributed by atoms with Crippen LogP contribution in [0.5, 0.6) is 0 Å². The van der Waals surface area contributed by atoms with Crippen molar-refractivity contribution in [3.63, 3.8) is 0 Å². The standard InChI is InChI=1S/C10H14N2O/c1-11-7-8-12(9-13-11)10-5-3-2-4-6-10/h2-6H,7-9H2,1H3. The van der Waals surface area contributed by atoms with E-state index >= 15 is 0 Å². The molecular weight excluding hydrogens is 164 g/mol. The highest BCUT2D eigenvalue weighted by Gasteiger charge is 2.13. The van der Waals surface area contributed by atoms with Gasteiger partial charge in [-0.15, -0.1) is 0 Å². The molecule has 3 heteroatoms. The first-order chi connectivity index (χ1) is 6.36. The third-order valence-corrected chi connectivity index (χ3v) is 2.24. The van der Waals surface area contributed by atoms with E-state index in [1.54, 1.807) is 0 Å². The molecule has 0 radical (unpaired) electrons. The number of anilines is 1. The third-order valence-electron chi connectivity index (χ3n) is 2.24. The highest BCUT2D eigenvalue weighted by atomic mass is 16.7. The molecule has 1 saturated heterocycles. The van der Waals surface area contributed by atoms with Crippen molar-refractivity contribution >= 4 is 5.69 Å². The molecule has 0 unspecified atom stereocenters. The normalized spacial score (nSPS) is 19.0. The van der Waals surface area contributed by atoms with Gasteiger partial charge in [-0.05, 0) is 12.1 Å². The summed E-state index contributed by atoms with van der Waals surface area (Å²) in [6.45, 7) is 2.63. The van der Waals surface area contributed by atoms with Gasteiger partial charge in [0.05, 0.1) is 0 Å². The van der Waals surface area contributed by atoms with Gasteiger partial charge in [0.2, 0.25) is 0 Å². The van der Waals surface area contributed by atoms with Crippen molar-refractivity contribution in [2.75, 3.05) is 31.8 Å². The lowest BCUT2D eigenvalue weighted by Gasteiger charge is -2.33. The Morgan fingerprint density at radius 1 is 1.15 bits per heavy atom. The maximum atomic E-state index is 5.40. The lowest BCUT2D eigenvalue weighted by atomic mass is 10.3. The smallest absolute Gasteiger partial charge is 0.140 e. The van der Waals surface area contributed by atoms with E-state index in [0.717, 1.165) is 13.1 Å². The van der Waals surface area contributed by atoms with Gasteiger partial charge in [-0.2, -0.15) is 5.06 Å². The monoisotopic (exact) mass is 178 g/mol. The van der Waals surface area contributed by atoms with Gasteiger partial charge in [-0.3, -0.25) is 4.84 Å². The Balaban J connectivity index is 2.03. The maximum absolute atomic E-state index is 5.40. The molecule has 1 fully saturated rings. The molecule has 0 amide bonds. The van der Waals surface area contributed by atoms with Crippen molar-refractivity contribution in [3.8, 4) is 0 Å². The number of likely N-dealkylation sites (N-methyl/N-ethyl adjacent to an activating group) is 1. The highest BCUT2D eigenvalue weighted by Crippen LogP contribution is 2.14. The number of hydrogen-bond acceptors (Lipinski definition) is 3. The molecule has 3 nitrogen and oxygen atoms in total. The van der Waals surface area contributed by atoms with E-state index in [9.17, 15) is 0 Å². The molecule has 0 aliphatic carbocycles. The number of rotatable bonds is 1. The number of para-hydroxylation sites is 1. The van der Waals surface area contributed by atoms with Crippen LogP contribution >= 0.6 is 0 Å². The SMILES string of the molecule is CN1CCN(c2ccccc2)CO1. The minimum atomic E-state index is 0.653. The van der Waals surface area contributed by atoms with E-state index in [4.69, 9.17) is 4.84 Å². The second-order valence-corrected chi connectivity index (χ2v) is 3.21. The topological polar surface area (TPSA) is 15.7 Å². The van der Waals surface area contributed by atoms with E-state index in [0.29, 0.717) is 6.73 Å². The van der Waals surface area contributed by atoms with Gasteiger partial charge in [0, 0.05) is 25.8 Å².